The molecule has 0 amide bonds. The van der Waals surface area contributed by atoms with E-state index < -0.39 is 0 Å². The molecule has 0 N–H and O–H groups in total. The lowest BCUT2D eigenvalue weighted by Gasteiger charge is -2.27. The van der Waals surface area contributed by atoms with Gasteiger partial charge in [-0.3, -0.25) is 0 Å². The summed E-state index contributed by atoms with van der Waals surface area (Å²) in [7, 11) is 0. The summed E-state index contributed by atoms with van der Waals surface area (Å²) in [6.07, 6.45) is 0. The fourth-order valence-electron chi connectivity index (χ4n) is 21.4. The van der Waals surface area contributed by atoms with Crippen LogP contribution < -0.4 is 14.7 Å². The predicted molar refractivity (Wildman–Crippen MR) is 612 cm³/mol. The van der Waals surface area contributed by atoms with Crippen molar-refractivity contribution in [3.8, 4) is 83.8 Å². The highest BCUT2D eigenvalue weighted by atomic mass is 15.2. The summed E-state index contributed by atoms with van der Waals surface area (Å²) >= 11 is 0. The van der Waals surface area contributed by atoms with Gasteiger partial charge in [0, 0.05) is 94.6 Å². The topological polar surface area (TPSA) is 24.5 Å². The maximum atomic E-state index is 2.42. The van der Waals surface area contributed by atoms with Gasteiger partial charge in [0.1, 0.15) is 0 Å². The summed E-state index contributed by atoms with van der Waals surface area (Å²) < 4.78 is 7.21. The lowest BCUT2D eigenvalue weighted by atomic mass is 9.99. The Hall–Kier alpha value is -19.1. The van der Waals surface area contributed by atoms with Crippen LogP contribution in [-0.2, 0) is 0 Å². The van der Waals surface area contributed by atoms with Crippen LogP contribution in [0.25, 0.3) is 182 Å². The van der Waals surface area contributed by atoms with E-state index in [9.17, 15) is 0 Å². The minimum atomic E-state index is 1.11. The van der Waals surface area contributed by atoms with Gasteiger partial charge in [-0.1, -0.05) is 413 Å². The molecule has 0 fully saturated rings. The smallest absolute Gasteiger partial charge is 0.0562 e. The van der Waals surface area contributed by atoms with E-state index in [4.69, 9.17) is 0 Å². The lowest BCUT2D eigenvalue weighted by molar-refractivity contribution is 1.18. The number of fused-ring (bicyclic) bond motifs is 15. The van der Waals surface area contributed by atoms with Crippen LogP contribution in [-0.4, -0.2) is 13.7 Å². The molecule has 0 unspecified atom stereocenters. The molecule has 3 heterocycles. The first kappa shape index (κ1) is 86.4. The lowest BCUT2D eigenvalue weighted by Crippen LogP contribution is -2.10. The standard InChI is InChI=1S/3C46H32N2/c1-4-13-33(14-5-1)35-23-28-39(29-24-35)47(40-30-25-36(26-31-40)34-15-6-2-7-16-34)43-22-12-17-37-27-32-44-46(45(37)43)41-20-10-11-21-42(41)48(44)38-18-8-3-9-19-38;1-4-13-33(14-5-1)35-23-28-39(29-24-35)47(40-30-25-36(26-31-40)34-15-6-2-7-16-34)42-21-12-22-43-46(42)45-41-20-11-10-17-37(41)27-32-44(45)48(43)38-18-8-3-9-19-38;1-4-12-33(13-5-1)35-20-25-39(26-21-35)47(40-27-22-36(23-28-40)34-14-6-2-7-15-34)41-29-31-44-43(32-41)46-42-19-11-10-16-37(42)24-30-45(46)48(44)38-17-8-3-9-18-38/h3*1-32H. The van der Waals surface area contributed by atoms with Crippen molar-refractivity contribution in [1.29, 1.82) is 0 Å². The van der Waals surface area contributed by atoms with E-state index in [0.717, 1.165) is 68.2 Å². The highest BCUT2D eigenvalue weighted by Crippen LogP contribution is 2.51. The SMILES string of the molecule is c1ccc(-c2ccc(N(c3ccc(-c4ccccc4)cc3)c3ccc4c(c3)c3c5ccccc5ccc3n4-c3ccccc3)cc2)cc1.c1ccc(-c2ccc(N(c3ccc(-c4ccccc4)cc3)c3cccc4c3c3c5ccccc5ccc3n4-c3ccccc3)cc2)cc1.c1ccc(-c2ccc(N(c3ccc(-c4ccccc4)cc3)c3cccc4ccc5c(c6ccccc6n5-c5ccccc5)c34)cc2)cc1. The molecule has 0 aliphatic rings. The Kier molecular flexibility index (Phi) is 23.0. The zero-order valence-electron chi connectivity index (χ0n) is 79.1. The molecular weight excluding hydrogens is 1740 g/mol. The van der Waals surface area contributed by atoms with Crippen LogP contribution in [0.15, 0.2) is 582 Å². The van der Waals surface area contributed by atoms with Gasteiger partial charge in [0.2, 0.25) is 0 Å². The van der Waals surface area contributed by atoms with Gasteiger partial charge in [0.15, 0.2) is 0 Å². The van der Waals surface area contributed by atoms with Crippen LogP contribution in [0.1, 0.15) is 0 Å². The Labute approximate surface area is 837 Å². The molecule has 0 bridgehead atoms. The largest absolute Gasteiger partial charge is 0.310 e. The summed E-state index contributed by atoms with van der Waals surface area (Å²) in [5.41, 5.74) is 35.1. The molecule has 0 radical (unpaired) electrons. The van der Waals surface area contributed by atoms with Crippen LogP contribution in [0.4, 0.5) is 51.2 Å². The van der Waals surface area contributed by atoms with Crippen molar-refractivity contribution < 1.29 is 0 Å². The normalized spacial score (nSPS) is 11.3. The summed E-state index contributed by atoms with van der Waals surface area (Å²) in [5, 5.41) is 14.9. The summed E-state index contributed by atoms with van der Waals surface area (Å²) in [6, 6.07) is 210. The molecule has 0 aliphatic carbocycles. The van der Waals surface area contributed by atoms with E-state index in [1.54, 1.807) is 0 Å². The highest BCUT2D eigenvalue weighted by molar-refractivity contribution is 6.28. The van der Waals surface area contributed by atoms with Crippen molar-refractivity contribution in [3.05, 3.63) is 582 Å². The molecule has 24 aromatic carbocycles. The molecule has 6 nitrogen and oxygen atoms in total. The molecule has 0 spiro atoms. The van der Waals surface area contributed by atoms with Gasteiger partial charge in [-0.15, -0.1) is 0 Å². The molecule has 3 aromatic heterocycles. The van der Waals surface area contributed by atoms with Crippen molar-refractivity contribution >= 4 is 149 Å². The Morgan fingerprint density at radius 3 is 0.715 bits per heavy atom. The van der Waals surface area contributed by atoms with Crippen molar-refractivity contribution in [3.63, 3.8) is 0 Å². The molecule has 144 heavy (non-hydrogen) atoms. The second kappa shape index (κ2) is 38.3. The number of hydrogen-bond acceptors (Lipinski definition) is 3. The maximum absolute atomic E-state index is 2.42. The Morgan fingerprint density at radius 2 is 0.347 bits per heavy atom. The molecule has 27 rings (SSSR count). The first-order valence-electron chi connectivity index (χ1n) is 49.3. The van der Waals surface area contributed by atoms with Crippen molar-refractivity contribution in [2.75, 3.05) is 14.7 Å². The zero-order valence-corrected chi connectivity index (χ0v) is 79.1. The van der Waals surface area contributed by atoms with Gasteiger partial charge in [-0.25, -0.2) is 0 Å². The minimum absolute atomic E-state index is 1.11. The molecule has 0 saturated carbocycles. The third kappa shape index (κ3) is 16.4. The van der Waals surface area contributed by atoms with E-state index in [1.165, 1.54) is 164 Å². The third-order valence-electron chi connectivity index (χ3n) is 28.1. The van der Waals surface area contributed by atoms with Crippen LogP contribution in [0.5, 0.6) is 0 Å². The average molecular weight is 1840 g/mol. The van der Waals surface area contributed by atoms with Crippen LogP contribution in [0.3, 0.4) is 0 Å². The van der Waals surface area contributed by atoms with E-state index in [2.05, 4.69) is 611 Å². The predicted octanol–water partition coefficient (Wildman–Crippen LogP) is 38.2. The maximum Gasteiger partial charge on any atom is 0.0562 e. The van der Waals surface area contributed by atoms with E-state index >= 15 is 0 Å². The van der Waals surface area contributed by atoms with E-state index in [1.807, 2.05) is 0 Å². The van der Waals surface area contributed by atoms with E-state index in [0.29, 0.717) is 0 Å². The van der Waals surface area contributed by atoms with Crippen LogP contribution >= 0.6 is 0 Å². The van der Waals surface area contributed by atoms with Gasteiger partial charge < -0.3 is 28.4 Å². The number of nitrogens with zero attached hydrogens (tertiary/aromatic N) is 6. The first-order chi connectivity index (χ1) is 71.5. The number of anilines is 9. The summed E-state index contributed by atoms with van der Waals surface area (Å²) in [6.45, 7) is 0. The summed E-state index contributed by atoms with van der Waals surface area (Å²) in [5.74, 6) is 0. The quantitative estimate of drug-likeness (QED) is 0.0856. The highest BCUT2D eigenvalue weighted by Gasteiger charge is 2.27. The molecule has 678 valence electrons. The fraction of sp³-hybridized carbons (Fsp3) is 0. The third-order valence-corrected chi connectivity index (χ3v) is 28.1. The van der Waals surface area contributed by atoms with Crippen LogP contribution in [0, 0.1) is 0 Å². The average Bonchev–Trinajstić information content (AvgIpc) is 1.58. The molecule has 0 saturated heterocycles. The Balaban J connectivity index is 0.000000113. The number of hydrogen-bond donors (Lipinski definition) is 0. The van der Waals surface area contributed by atoms with Gasteiger partial charge >= 0.3 is 0 Å². The van der Waals surface area contributed by atoms with Crippen molar-refractivity contribution in [2.24, 2.45) is 0 Å². The molecule has 0 aliphatic heterocycles. The first-order valence-corrected chi connectivity index (χ1v) is 49.3. The fourth-order valence-corrected chi connectivity index (χ4v) is 21.4. The van der Waals surface area contributed by atoms with E-state index in [-0.39, 0.29) is 0 Å². The Bertz CT molecular complexity index is 8980. The minimum Gasteiger partial charge on any atom is -0.310 e. The Morgan fingerprint density at radius 1 is 0.118 bits per heavy atom. The van der Waals surface area contributed by atoms with Crippen molar-refractivity contribution in [2.45, 2.75) is 0 Å². The zero-order chi connectivity index (χ0) is 95.6. The monoisotopic (exact) mass is 1840 g/mol. The number of rotatable bonds is 18. The van der Waals surface area contributed by atoms with Gasteiger partial charge in [-0.2, -0.15) is 0 Å². The molecule has 0 atom stereocenters. The molecule has 27 aromatic rings. The molecular formula is C138H96N6. The number of aromatic nitrogens is 3. The van der Waals surface area contributed by atoms with Gasteiger partial charge in [0.25, 0.3) is 0 Å². The number of para-hydroxylation sites is 4. The van der Waals surface area contributed by atoms with Gasteiger partial charge in [0.05, 0.1) is 44.5 Å². The summed E-state index contributed by atoms with van der Waals surface area (Å²) in [4.78, 5) is 7.21. The van der Waals surface area contributed by atoms with Gasteiger partial charge in [-0.05, 0) is 264 Å². The second-order valence-electron chi connectivity index (χ2n) is 36.6. The van der Waals surface area contributed by atoms with Crippen LogP contribution in [0.2, 0.25) is 0 Å². The van der Waals surface area contributed by atoms with Crippen molar-refractivity contribution in [1.82, 2.24) is 13.7 Å². The molecule has 6 heteroatoms. The second-order valence-corrected chi connectivity index (χ2v) is 36.6. The number of benzene rings is 24.